The Kier molecular flexibility index (Phi) is 6.69. The number of methoxy groups -OCH3 is 1. The van der Waals surface area contributed by atoms with Gasteiger partial charge in [-0.2, -0.15) is 0 Å². The van der Waals surface area contributed by atoms with Crippen LogP contribution in [0, 0.1) is 0 Å². The van der Waals surface area contributed by atoms with Gasteiger partial charge in [-0.1, -0.05) is 54.2 Å². The number of benzene rings is 3. The van der Waals surface area contributed by atoms with Gasteiger partial charge in [-0.3, -0.25) is 0 Å². The summed E-state index contributed by atoms with van der Waals surface area (Å²) < 4.78 is 11.0. The molecule has 0 aromatic heterocycles. The molecule has 3 aromatic rings. The summed E-state index contributed by atoms with van der Waals surface area (Å²) in [6, 6.07) is 23.3. The summed E-state index contributed by atoms with van der Waals surface area (Å²) >= 11 is 11.6. The average Bonchev–Trinajstić information content (AvgIpc) is 2.72. The number of nitrogens with one attached hydrogen (secondary N) is 1. The van der Waals surface area contributed by atoms with Gasteiger partial charge in [0.25, 0.3) is 0 Å². The maximum Gasteiger partial charge on any atom is 0.119 e. The van der Waals surface area contributed by atoms with Crippen molar-refractivity contribution >= 4 is 28.8 Å². The van der Waals surface area contributed by atoms with Crippen molar-refractivity contribution in [1.29, 1.82) is 0 Å². The van der Waals surface area contributed by atoms with Crippen LogP contribution in [-0.4, -0.2) is 12.1 Å². The maximum atomic E-state index is 6.15. The highest BCUT2D eigenvalue weighted by Gasteiger charge is 2.04. The summed E-state index contributed by atoms with van der Waals surface area (Å²) in [5, 5.41) is 3.97. The Morgan fingerprint density at radius 3 is 2.48 bits per heavy atom. The summed E-state index contributed by atoms with van der Waals surface area (Å²) in [5.41, 5.74) is 3.01. The zero-order valence-corrected chi connectivity index (χ0v) is 16.5. The molecule has 0 spiro atoms. The second kappa shape index (κ2) is 9.40. The van der Waals surface area contributed by atoms with Crippen LogP contribution in [0.1, 0.15) is 16.7 Å². The molecule has 0 unspecified atom stereocenters. The van der Waals surface area contributed by atoms with Gasteiger partial charge in [-0.05, 0) is 48.0 Å². The van der Waals surface area contributed by atoms with Crippen LogP contribution in [0.5, 0.6) is 11.5 Å². The zero-order chi connectivity index (χ0) is 19.1. The molecule has 5 heteroatoms. The van der Waals surface area contributed by atoms with E-state index in [1.54, 1.807) is 7.11 Å². The average molecular weight is 398 g/mol. The Balaban J connectivity index is 1.54. The van der Waals surface area contributed by atoms with Gasteiger partial charge in [0.15, 0.2) is 0 Å². The number of halogens is 1. The van der Waals surface area contributed by atoms with Crippen LogP contribution in [0.3, 0.4) is 0 Å². The summed E-state index contributed by atoms with van der Waals surface area (Å²) in [6.45, 7) is 1.07. The van der Waals surface area contributed by atoms with Crippen molar-refractivity contribution in [3.05, 3.63) is 94.5 Å². The summed E-state index contributed by atoms with van der Waals surface area (Å²) in [6.07, 6.45) is 0. The minimum absolute atomic E-state index is 0.428. The van der Waals surface area contributed by atoms with Gasteiger partial charge in [-0.25, -0.2) is 0 Å². The van der Waals surface area contributed by atoms with Crippen LogP contribution < -0.4 is 14.8 Å². The lowest BCUT2D eigenvalue weighted by Gasteiger charge is -2.11. The van der Waals surface area contributed by atoms with Gasteiger partial charge in [0, 0.05) is 22.7 Å². The molecule has 0 heterocycles. The van der Waals surface area contributed by atoms with Crippen LogP contribution in [0.25, 0.3) is 0 Å². The summed E-state index contributed by atoms with van der Waals surface area (Å²) in [5.74, 6) is 1.61. The second-order valence-corrected chi connectivity index (χ2v) is 6.75. The highest BCUT2D eigenvalue weighted by Crippen LogP contribution is 2.19. The Morgan fingerprint density at radius 1 is 0.963 bits per heavy atom. The number of hydrogen-bond acceptors (Lipinski definition) is 3. The van der Waals surface area contributed by atoms with E-state index in [9.17, 15) is 0 Å². The monoisotopic (exact) mass is 397 g/mol. The molecule has 0 radical (unpaired) electrons. The van der Waals surface area contributed by atoms with E-state index in [-0.39, 0.29) is 0 Å². The van der Waals surface area contributed by atoms with E-state index < -0.39 is 0 Å². The molecule has 3 nitrogen and oxygen atoms in total. The van der Waals surface area contributed by atoms with Crippen molar-refractivity contribution in [2.75, 3.05) is 7.11 Å². The van der Waals surface area contributed by atoms with Crippen molar-refractivity contribution < 1.29 is 9.47 Å². The molecule has 0 amide bonds. The van der Waals surface area contributed by atoms with Crippen LogP contribution in [0.4, 0.5) is 0 Å². The van der Waals surface area contributed by atoms with E-state index in [2.05, 4.69) is 5.32 Å². The molecule has 0 saturated heterocycles. The Morgan fingerprint density at radius 2 is 1.74 bits per heavy atom. The normalized spacial score (nSPS) is 10.3. The molecular weight excluding hydrogens is 378 g/mol. The van der Waals surface area contributed by atoms with Crippen LogP contribution in [0.15, 0.2) is 72.8 Å². The predicted molar refractivity (Wildman–Crippen MR) is 114 cm³/mol. The third-order valence-electron chi connectivity index (χ3n) is 4.06. The number of ether oxygens (including phenoxy) is 2. The van der Waals surface area contributed by atoms with E-state index in [0.717, 1.165) is 28.2 Å². The molecule has 0 aliphatic rings. The molecule has 0 bridgehead atoms. The fourth-order valence-corrected chi connectivity index (χ4v) is 2.94. The summed E-state index contributed by atoms with van der Waals surface area (Å²) in [4.78, 5) is 0.690. The van der Waals surface area contributed by atoms with Gasteiger partial charge in [-0.15, -0.1) is 0 Å². The first-order valence-corrected chi connectivity index (χ1v) is 9.32. The molecule has 0 saturated carbocycles. The van der Waals surface area contributed by atoms with Crippen LogP contribution in [-0.2, 0) is 13.2 Å². The number of rotatable bonds is 7. The zero-order valence-electron chi connectivity index (χ0n) is 14.9. The van der Waals surface area contributed by atoms with E-state index in [1.807, 2.05) is 72.8 Å². The maximum absolute atomic E-state index is 6.15. The van der Waals surface area contributed by atoms with Crippen molar-refractivity contribution in [3.63, 3.8) is 0 Å². The van der Waals surface area contributed by atoms with Crippen LogP contribution in [0.2, 0.25) is 5.02 Å². The molecule has 0 fully saturated rings. The Labute approximate surface area is 169 Å². The van der Waals surface area contributed by atoms with Crippen molar-refractivity contribution in [2.24, 2.45) is 0 Å². The lowest BCUT2D eigenvalue weighted by atomic mass is 10.2. The Bertz CT molecular complexity index is 912. The van der Waals surface area contributed by atoms with Crippen molar-refractivity contribution in [2.45, 2.75) is 13.2 Å². The van der Waals surface area contributed by atoms with Gasteiger partial charge >= 0.3 is 0 Å². The first-order chi connectivity index (χ1) is 13.2. The van der Waals surface area contributed by atoms with E-state index in [4.69, 9.17) is 33.3 Å². The SMILES string of the molecule is COc1cccc(CNC(=S)c2ccc(OCc3ccccc3Cl)cc2)c1. The second-order valence-electron chi connectivity index (χ2n) is 5.94. The minimum atomic E-state index is 0.428. The molecular formula is C22H20ClNO2S. The highest BCUT2D eigenvalue weighted by molar-refractivity contribution is 7.80. The van der Waals surface area contributed by atoms with Gasteiger partial charge < -0.3 is 14.8 Å². The van der Waals surface area contributed by atoms with E-state index in [0.29, 0.717) is 23.2 Å². The van der Waals surface area contributed by atoms with Gasteiger partial charge in [0.2, 0.25) is 0 Å². The quantitative estimate of drug-likeness (QED) is 0.541. The van der Waals surface area contributed by atoms with E-state index in [1.165, 1.54) is 0 Å². The lowest BCUT2D eigenvalue weighted by molar-refractivity contribution is 0.306. The molecule has 3 rings (SSSR count). The first-order valence-electron chi connectivity index (χ1n) is 8.53. The fraction of sp³-hybridized carbons (Fsp3) is 0.136. The van der Waals surface area contributed by atoms with E-state index >= 15 is 0 Å². The first kappa shape index (κ1) is 19.2. The number of hydrogen-bond donors (Lipinski definition) is 1. The smallest absolute Gasteiger partial charge is 0.119 e. The molecule has 27 heavy (non-hydrogen) atoms. The van der Waals surface area contributed by atoms with Gasteiger partial charge in [0.05, 0.1) is 7.11 Å². The van der Waals surface area contributed by atoms with Crippen LogP contribution >= 0.6 is 23.8 Å². The van der Waals surface area contributed by atoms with Crippen molar-refractivity contribution in [1.82, 2.24) is 5.32 Å². The Hall–Kier alpha value is -2.56. The molecule has 3 aromatic carbocycles. The topological polar surface area (TPSA) is 30.5 Å². The molecule has 1 N–H and O–H groups in total. The highest BCUT2D eigenvalue weighted by atomic mass is 35.5. The lowest BCUT2D eigenvalue weighted by Crippen LogP contribution is -2.21. The number of thiocarbonyl (C=S) groups is 1. The summed E-state index contributed by atoms with van der Waals surface area (Å²) in [7, 11) is 1.66. The third kappa shape index (κ3) is 5.46. The van der Waals surface area contributed by atoms with Gasteiger partial charge in [0.1, 0.15) is 23.1 Å². The standard InChI is InChI=1S/C22H20ClNO2S/c1-25-20-7-4-5-16(13-20)14-24-22(27)17-9-11-19(12-10-17)26-15-18-6-2-3-8-21(18)23/h2-13H,14-15H2,1H3,(H,24,27). The fourth-order valence-electron chi connectivity index (χ4n) is 2.55. The molecule has 138 valence electrons. The van der Waals surface area contributed by atoms with Crippen molar-refractivity contribution in [3.8, 4) is 11.5 Å². The largest absolute Gasteiger partial charge is 0.497 e. The minimum Gasteiger partial charge on any atom is -0.497 e. The molecule has 0 aliphatic carbocycles. The predicted octanol–water partition coefficient (Wildman–Crippen LogP) is 5.39. The molecule has 0 aliphatic heterocycles. The molecule has 0 atom stereocenters. The third-order valence-corrected chi connectivity index (χ3v) is 4.80.